The van der Waals surface area contributed by atoms with Gasteiger partial charge in [0.2, 0.25) is 0 Å². The van der Waals surface area contributed by atoms with Gasteiger partial charge in [-0.25, -0.2) is 0 Å². The van der Waals surface area contributed by atoms with Gasteiger partial charge in [0, 0.05) is 0 Å². The molecule has 1 aliphatic carbocycles. The van der Waals surface area contributed by atoms with Gasteiger partial charge in [-0.2, -0.15) is 0 Å². The Bertz CT molecular complexity index is 362. The van der Waals surface area contributed by atoms with Gasteiger partial charge in [-0.1, -0.05) is 13.0 Å². The van der Waals surface area contributed by atoms with Crippen molar-refractivity contribution in [1.82, 2.24) is 0 Å². The van der Waals surface area contributed by atoms with Crippen molar-refractivity contribution in [3.05, 3.63) is 29.3 Å². The Kier molecular flexibility index (Phi) is 3.49. The summed E-state index contributed by atoms with van der Waals surface area (Å²) < 4.78 is 5.31. The molecule has 2 heteroatoms. The monoisotopic (exact) mass is 219 g/mol. The smallest absolute Gasteiger partial charge is 0.119 e. The average Bonchev–Trinajstić information content (AvgIpc) is 2.32. The van der Waals surface area contributed by atoms with Gasteiger partial charge >= 0.3 is 0 Å². The molecule has 1 aromatic rings. The van der Waals surface area contributed by atoms with E-state index in [4.69, 9.17) is 10.5 Å². The van der Waals surface area contributed by atoms with Crippen molar-refractivity contribution in [3.8, 4) is 5.75 Å². The molecule has 16 heavy (non-hydrogen) atoms. The van der Waals surface area contributed by atoms with Crippen molar-refractivity contribution in [2.45, 2.75) is 32.1 Å². The second-order valence-corrected chi connectivity index (χ2v) is 4.76. The van der Waals surface area contributed by atoms with Crippen LogP contribution < -0.4 is 10.5 Å². The minimum Gasteiger partial charge on any atom is -0.497 e. The van der Waals surface area contributed by atoms with Gasteiger partial charge < -0.3 is 10.5 Å². The average molecular weight is 219 g/mol. The Labute approximate surface area is 97.8 Å². The van der Waals surface area contributed by atoms with Crippen molar-refractivity contribution in [2.24, 2.45) is 11.7 Å². The molecule has 2 unspecified atom stereocenters. The number of fused-ring (bicyclic) bond motifs is 1. The van der Waals surface area contributed by atoms with Crippen molar-refractivity contribution in [3.63, 3.8) is 0 Å². The first-order valence-electron chi connectivity index (χ1n) is 6.13. The van der Waals surface area contributed by atoms with Crippen LogP contribution in [-0.2, 0) is 6.42 Å². The predicted octanol–water partition coefficient (Wildman–Crippen LogP) is 2.71. The summed E-state index contributed by atoms with van der Waals surface area (Å²) in [6.45, 7) is 3.11. The normalized spacial score (nSPS) is 23.9. The maximum atomic E-state index is 5.72. The van der Waals surface area contributed by atoms with Crippen LogP contribution in [0.25, 0.3) is 0 Å². The molecule has 88 valence electrons. The minimum atomic E-state index is 0.615. The Morgan fingerprint density at radius 2 is 2.25 bits per heavy atom. The van der Waals surface area contributed by atoms with Crippen molar-refractivity contribution in [2.75, 3.05) is 13.7 Å². The zero-order chi connectivity index (χ0) is 11.5. The van der Waals surface area contributed by atoms with E-state index >= 15 is 0 Å². The fourth-order valence-electron chi connectivity index (χ4n) is 2.78. The van der Waals surface area contributed by atoms with Gasteiger partial charge in [0.15, 0.2) is 0 Å². The molecule has 0 amide bonds. The summed E-state index contributed by atoms with van der Waals surface area (Å²) in [6.07, 6.45) is 3.56. The highest BCUT2D eigenvalue weighted by atomic mass is 16.5. The van der Waals surface area contributed by atoms with Gasteiger partial charge in [0.1, 0.15) is 5.75 Å². The fourth-order valence-corrected chi connectivity index (χ4v) is 2.78. The molecule has 0 bridgehead atoms. The second-order valence-electron chi connectivity index (χ2n) is 4.76. The molecular weight excluding hydrogens is 198 g/mol. The summed E-state index contributed by atoms with van der Waals surface area (Å²) in [7, 11) is 1.73. The quantitative estimate of drug-likeness (QED) is 0.848. The lowest BCUT2D eigenvalue weighted by molar-refractivity contribution is 0.380. The topological polar surface area (TPSA) is 35.2 Å². The number of hydrogen-bond acceptors (Lipinski definition) is 2. The molecule has 0 heterocycles. The van der Waals surface area contributed by atoms with Crippen LogP contribution in [0.5, 0.6) is 5.75 Å². The Morgan fingerprint density at radius 3 is 2.94 bits per heavy atom. The zero-order valence-electron chi connectivity index (χ0n) is 10.2. The van der Waals surface area contributed by atoms with Gasteiger partial charge in [-0.05, 0) is 60.9 Å². The highest BCUT2D eigenvalue weighted by molar-refractivity contribution is 5.40. The summed E-state index contributed by atoms with van der Waals surface area (Å²) in [5.41, 5.74) is 8.66. The van der Waals surface area contributed by atoms with Crippen LogP contribution in [0.3, 0.4) is 0 Å². The lowest BCUT2D eigenvalue weighted by Crippen LogP contribution is -2.21. The first kappa shape index (κ1) is 11.5. The van der Waals surface area contributed by atoms with Gasteiger partial charge in [-0.15, -0.1) is 0 Å². The summed E-state index contributed by atoms with van der Waals surface area (Å²) in [4.78, 5) is 0. The molecule has 1 aromatic carbocycles. The van der Waals surface area contributed by atoms with Crippen molar-refractivity contribution in [1.29, 1.82) is 0 Å². The summed E-state index contributed by atoms with van der Waals surface area (Å²) in [5.74, 6) is 2.32. The molecule has 0 saturated heterocycles. The lowest BCUT2D eigenvalue weighted by Gasteiger charge is -2.31. The summed E-state index contributed by atoms with van der Waals surface area (Å²) in [6, 6.07) is 6.48. The van der Waals surface area contributed by atoms with Crippen LogP contribution in [-0.4, -0.2) is 13.7 Å². The van der Waals surface area contributed by atoms with Crippen LogP contribution in [0.15, 0.2) is 18.2 Å². The molecule has 1 aliphatic rings. The molecule has 0 radical (unpaired) electrons. The Balaban J connectivity index is 2.35. The molecule has 0 spiro atoms. The number of hydrogen-bond donors (Lipinski definition) is 1. The van der Waals surface area contributed by atoms with Crippen LogP contribution in [0.2, 0.25) is 0 Å². The van der Waals surface area contributed by atoms with Gasteiger partial charge in [-0.3, -0.25) is 0 Å². The largest absolute Gasteiger partial charge is 0.497 e. The SMILES string of the molecule is COc1ccc2c(c1)C(CCN)C(C)CC2. The lowest BCUT2D eigenvalue weighted by atomic mass is 9.74. The first-order valence-corrected chi connectivity index (χ1v) is 6.13. The second kappa shape index (κ2) is 4.88. The molecule has 2 atom stereocenters. The van der Waals surface area contributed by atoms with Crippen LogP contribution in [0, 0.1) is 5.92 Å². The number of aryl methyl sites for hydroxylation is 1. The number of rotatable bonds is 3. The summed E-state index contributed by atoms with van der Waals surface area (Å²) in [5, 5.41) is 0. The van der Waals surface area contributed by atoms with E-state index in [1.54, 1.807) is 7.11 Å². The number of nitrogens with two attached hydrogens (primary N) is 1. The summed E-state index contributed by atoms with van der Waals surface area (Å²) >= 11 is 0. The van der Waals surface area contributed by atoms with Crippen molar-refractivity contribution >= 4 is 0 Å². The predicted molar refractivity (Wildman–Crippen MR) is 66.9 cm³/mol. The maximum Gasteiger partial charge on any atom is 0.119 e. The molecule has 0 aliphatic heterocycles. The molecule has 0 saturated carbocycles. The molecular formula is C14H21NO. The molecule has 2 nitrogen and oxygen atoms in total. The number of ether oxygens (including phenoxy) is 1. The van der Waals surface area contributed by atoms with E-state index in [0.717, 1.165) is 24.6 Å². The third-order valence-corrected chi connectivity index (χ3v) is 3.79. The fraction of sp³-hybridized carbons (Fsp3) is 0.571. The van der Waals surface area contributed by atoms with E-state index < -0.39 is 0 Å². The standard InChI is InChI=1S/C14H21NO/c1-10-3-4-11-5-6-12(16-2)9-14(11)13(10)7-8-15/h5-6,9-10,13H,3-4,7-8,15H2,1-2H3. The van der Waals surface area contributed by atoms with E-state index in [1.807, 2.05) is 0 Å². The molecule has 0 fully saturated rings. The Hall–Kier alpha value is -1.02. The molecule has 0 aromatic heterocycles. The maximum absolute atomic E-state index is 5.72. The van der Waals surface area contributed by atoms with Crippen molar-refractivity contribution < 1.29 is 4.74 Å². The highest BCUT2D eigenvalue weighted by Gasteiger charge is 2.26. The third kappa shape index (κ3) is 2.07. The Morgan fingerprint density at radius 1 is 1.44 bits per heavy atom. The van der Waals surface area contributed by atoms with E-state index in [2.05, 4.69) is 25.1 Å². The molecule has 2 N–H and O–H groups in total. The van der Waals surface area contributed by atoms with Crippen LogP contribution in [0.1, 0.15) is 36.8 Å². The van der Waals surface area contributed by atoms with E-state index in [1.165, 1.54) is 24.0 Å². The number of methoxy groups -OCH3 is 1. The number of benzene rings is 1. The van der Waals surface area contributed by atoms with Gasteiger partial charge in [0.25, 0.3) is 0 Å². The zero-order valence-corrected chi connectivity index (χ0v) is 10.2. The third-order valence-electron chi connectivity index (χ3n) is 3.79. The van der Waals surface area contributed by atoms with E-state index in [0.29, 0.717) is 5.92 Å². The highest BCUT2D eigenvalue weighted by Crippen LogP contribution is 2.39. The first-order chi connectivity index (χ1) is 7.76. The molecule has 2 rings (SSSR count). The van der Waals surface area contributed by atoms with Crippen LogP contribution >= 0.6 is 0 Å². The van der Waals surface area contributed by atoms with Crippen LogP contribution in [0.4, 0.5) is 0 Å². The van der Waals surface area contributed by atoms with E-state index in [9.17, 15) is 0 Å². The minimum absolute atomic E-state index is 0.615. The van der Waals surface area contributed by atoms with Gasteiger partial charge in [0.05, 0.1) is 7.11 Å². The van der Waals surface area contributed by atoms with E-state index in [-0.39, 0.29) is 0 Å².